The Hall–Kier alpha value is -2.78. The number of anilines is 1. The fraction of sp³-hybridized carbons (Fsp3) is 0.440. The SMILES string of the molecule is CCCNC(=O)[C@H](CC)N(CCc1ccccc1)C(=O)CN(c1cc(Cl)ccc1OC)S(C)(=O)=O. The van der Waals surface area contributed by atoms with Crippen LogP contribution >= 0.6 is 11.6 Å². The second kappa shape index (κ2) is 13.3. The maximum absolute atomic E-state index is 13.6. The van der Waals surface area contributed by atoms with E-state index in [9.17, 15) is 18.0 Å². The summed E-state index contributed by atoms with van der Waals surface area (Å²) in [5.41, 5.74) is 1.16. The van der Waals surface area contributed by atoms with Gasteiger partial charge in [-0.3, -0.25) is 13.9 Å². The molecule has 0 bridgehead atoms. The molecule has 0 fully saturated rings. The van der Waals surface area contributed by atoms with Gasteiger partial charge < -0.3 is 15.0 Å². The number of amides is 2. The average Bonchev–Trinajstić information content (AvgIpc) is 2.83. The van der Waals surface area contributed by atoms with Crippen molar-refractivity contribution in [3.8, 4) is 5.75 Å². The van der Waals surface area contributed by atoms with Crippen molar-refractivity contribution in [2.24, 2.45) is 0 Å². The van der Waals surface area contributed by atoms with Crippen molar-refractivity contribution in [1.82, 2.24) is 10.2 Å². The van der Waals surface area contributed by atoms with E-state index >= 15 is 0 Å². The first-order chi connectivity index (χ1) is 16.6. The molecule has 35 heavy (non-hydrogen) atoms. The molecule has 1 N–H and O–H groups in total. The lowest BCUT2D eigenvalue weighted by molar-refractivity contribution is -0.139. The van der Waals surface area contributed by atoms with Crippen LogP contribution in [0.2, 0.25) is 5.02 Å². The second-order valence-corrected chi connectivity index (χ2v) is 10.5. The molecule has 2 rings (SSSR count). The third-order valence-corrected chi connectivity index (χ3v) is 6.87. The molecule has 192 valence electrons. The molecule has 0 aromatic heterocycles. The first-order valence-electron chi connectivity index (χ1n) is 11.5. The van der Waals surface area contributed by atoms with Crippen LogP contribution in [0.1, 0.15) is 32.3 Å². The van der Waals surface area contributed by atoms with Crippen LogP contribution in [0.15, 0.2) is 48.5 Å². The molecule has 10 heteroatoms. The average molecular weight is 524 g/mol. The van der Waals surface area contributed by atoms with Crippen LogP contribution in [-0.4, -0.2) is 64.2 Å². The zero-order chi connectivity index (χ0) is 26.0. The van der Waals surface area contributed by atoms with Crippen LogP contribution in [-0.2, 0) is 26.0 Å². The minimum atomic E-state index is -3.88. The van der Waals surface area contributed by atoms with E-state index in [1.54, 1.807) is 12.1 Å². The Labute approximate surface area is 213 Å². The Bertz CT molecular complexity index is 1100. The number of halogens is 1. The van der Waals surface area contributed by atoms with E-state index in [1.165, 1.54) is 18.1 Å². The number of hydrogen-bond donors (Lipinski definition) is 1. The minimum absolute atomic E-state index is 0.155. The highest BCUT2D eigenvalue weighted by Crippen LogP contribution is 2.33. The summed E-state index contributed by atoms with van der Waals surface area (Å²) in [6.45, 7) is 4.02. The van der Waals surface area contributed by atoms with Gasteiger partial charge >= 0.3 is 0 Å². The van der Waals surface area contributed by atoms with E-state index in [2.05, 4.69) is 5.32 Å². The molecule has 0 heterocycles. The van der Waals surface area contributed by atoms with Gasteiger partial charge in [-0.05, 0) is 43.0 Å². The number of carbonyl (C=O) groups is 2. The van der Waals surface area contributed by atoms with E-state index in [0.717, 1.165) is 22.5 Å². The van der Waals surface area contributed by atoms with E-state index < -0.39 is 28.5 Å². The smallest absolute Gasteiger partial charge is 0.244 e. The summed E-state index contributed by atoms with van der Waals surface area (Å²) in [7, 11) is -2.47. The van der Waals surface area contributed by atoms with Crippen LogP contribution in [0.4, 0.5) is 5.69 Å². The van der Waals surface area contributed by atoms with E-state index in [4.69, 9.17) is 16.3 Å². The molecular formula is C25H34ClN3O5S. The van der Waals surface area contributed by atoms with Gasteiger partial charge in [0.05, 0.1) is 19.1 Å². The molecule has 0 aliphatic rings. The fourth-order valence-corrected chi connectivity index (χ4v) is 4.73. The molecule has 8 nitrogen and oxygen atoms in total. The molecular weight excluding hydrogens is 490 g/mol. The number of benzene rings is 2. The Balaban J connectivity index is 2.41. The van der Waals surface area contributed by atoms with Crippen molar-refractivity contribution in [2.75, 3.05) is 37.3 Å². The third kappa shape index (κ3) is 8.14. The highest BCUT2D eigenvalue weighted by Gasteiger charge is 2.32. The number of nitrogens with zero attached hydrogens (tertiary/aromatic N) is 2. The zero-order valence-corrected chi connectivity index (χ0v) is 22.2. The fourth-order valence-electron chi connectivity index (χ4n) is 3.71. The number of hydrogen-bond acceptors (Lipinski definition) is 5. The second-order valence-electron chi connectivity index (χ2n) is 8.12. The number of ether oxygens (including phenoxy) is 1. The summed E-state index contributed by atoms with van der Waals surface area (Å²) in [4.78, 5) is 28.0. The van der Waals surface area contributed by atoms with Crippen molar-refractivity contribution in [3.63, 3.8) is 0 Å². The lowest BCUT2D eigenvalue weighted by Crippen LogP contribution is -2.53. The maximum Gasteiger partial charge on any atom is 0.244 e. The van der Waals surface area contributed by atoms with Crippen LogP contribution in [0.25, 0.3) is 0 Å². The number of sulfonamides is 1. The van der Waals surface area contributed by atoms with Gasteiger partial charge in [0.2, 0.25) is 21.8 Å². The topological polar surface area (TPSA) is 96.0 Å². The van der Waals surface area contributed by atoms with Crippen LogP contribution in [0.3, 0.4) is 0 Å². The predicted molar refractivity (Wildman–Crippen MR) is 139 cm³/mol. The first kappa shape index (κ1) is 28.5. The van der Waals surface area contributed by atoms with Gasteiger partial charge in [-0.1, -0.05) is 55.8 Å². The van der Waals surface area contributed by atoms with Gasteiger partial charge in [0.25, 0.3) is 0 Å². The van der Waals surface area contributed by atoms with Crippen LogP contribution < -0.4 is 14.4 Å². The molecule has 0 aliphatic carbocycles. The highest BCUT2D eigenvalue weighted by molar-refractivity contribution is 7.92. The van der Waals surface area contributed by atoms with Gasteiger partial charge in [-0.2, -0.15) is 0 Å². The number of nitrogens with one attached hydrogen (secondary N) is 1. The molecule has 0 aliphatic heterocycles. The van der Waals surface area contributed by atoms with Crippen molar-refractivity contribution < 1.29 is 22.7 Å². The number of methoxy groups -OCH3 is 1. The normalized spacial score (nSPS) is 12.0. The summed E-state index contributed by atoms with van der Waals surface area (Å²) in [5, 5.41) is 3.15. The lowest BCUT2D eigenvalue weighted by Gasteiger charge is -2.33. The molecule has 0 spiro atoms. The van der Waals surface area contributed by atoms with Crippen molar-refractivity contribution in [3.05, 3.63) is 59.1 Å². The van der Waals surface area contributed by atoms with Crippen LogP contribution in [0, 0.1) is 0 Å². The minimum Gasteiger partial charge on any atom is -0.495 e. The zero-order valence-electron chi connectivity index (χ0n) is 20.7. The Morgan fingerprint density at radius 2 is 1.80 bits per heavy atom. The number of rotatable bonds is 13. The van der Waals surface area contributed by atoms with Crippen LogP contribution in [0.5, 0.6) is 5.75 Å². The monoisotopic (exact) mass is 523 g/mol. The van der Waals surface area contributed by atoms with E-state index in [-0.39, 0.29) is 23.9 Å². The number of carbonyl (C=O) groups excluding carboxylic acids is 2. The summed E-state index contributed by atoms with van der Waals surface area (Å²) < 4.78 is 31.8. The van der Waals surface area contributed by atoms with Gasteiger partial charge in [-0.15, -0.1) is 0 Å². The molecule has 2 amide bonds. The Morgan fingerprint density at radius 1 is 1.11 bits per heavy atom. The molecule has 2 aromatic rings. The largest absolute Gasteiger partial charge is 0.495 e. The summed E-state index contributed by atoms with van der Waals surface area (Å²) in [5.74, 6) is -0.495. The van der Waals surface area contributed by atoms with Gasteiger partial charge in [-0.25, -0.2) is 8.42 Å². The summed E-state index contributed by atoms with van der Waals surface area (Å²) >= 11 is 6.12. The van der Waals surface area contributed by atoms with Gasteiger partial charge in [0.15, 0.2) is 0 Å². The molecule has 0 unspecified atom stereocenters. The van der Waals surface area contributed by atoms with Crippen molar-refractivity contribution >= 4 is 39.1 Å². The lowest BCUT2D eigenvalue weighted by atomic mass is 10.1. The Morgan fingerprint density at radius 3 is 2.37 bits per heavy atom. The molecule has 0 saturated heterocycles. The van der Waals surface area contributed by atoms with E-state index in [1.807, 2.05) is 44.2 Å². The maximum atomic E-state index is 13.6. The highest BCUT2D eigenvalue weighted by atomic mass is 35.5. The summed E-state index contributed by atoms with van der Waals surface area (Å²) in [6.07, 6.45) is 2.68. The van der Waals surface area contributed by atoms with Crippen molar-refractivity contribution in [1.29, 1.82) is 0 Å². The standard InChI is InChI=1S/C25H34ClN3O5S/c1-5-15-27-25(31)21(6-2)28(16-14-19-10-8-7-9-11-19)24(30)18-29(35(4,32)33)22-17-20(26)12-13-23(22)34-3/h7-13,17,21H,5-6,14-16,18H2,1-4H3,(H,27,31)/t21-/m0/s1. The predicted octanol–water partition coefficient (Wildman–Crippen LogP) is 3.49. The third-order valence-electron chi connectivity index (χ3n) is 5.51. The quantitative estimate of drug-likeness (QED) is 0.433. The molecule has 1 atom stereocenters. The molecule has 0 radical (unpaired) electrons. The van der Waals surface area contributed by atoms with Crippen molar-refractivity contribution in [2.45, 2.75) is 39.2 Å². The molecule has 2 aromatic carbocycles. The summed E-state index contributed by atoms with van der Waals surface area (Å²) in [6, 6.07) is 13.4. The first-order valence-corrected chi connectivity index (χ1v) is 13.8. The van der Waals surface area contributed by atoms with E-state index in [0.29, 0.717) is 24.4 Å². The van der Waals surface area contributed by atoms with Gasteiger partial charge in [0, 0.05) is 18.1 Å². The Kier molecular flexibility index (Phi) is 10.9. The molecule has 0 saturated carbocycles. The van der Waals surface area contributed by atoms with Gasteiger partial charge in [0.1, 0.15) is 18.3 Å².